The molecule has 3 heterocycles. The Morgan fingerprint density at radius 2 is 2.12 bits per heavy atom. The number of furan rings is 1. The van der Waals surface area contributed by atoms with Crippen molar-refractivity contribution in [3.05, 3.63) is 42.4 Å². The van der Waals surface area contributed by atoms with Crippen LogP contribution in [0.3, 0.4) is 0 Å². The molecule has 0 bridgehead atoms. The van der Waals surface area contributed by atoms with Gasteiger partial charge in [-0.1, -0.05) is 13.8 Å². The molecule has 7 heteroatoms. The van der Waals surface area contributed by atoms with Crippen LogP contribution in [0, 0.1) is 5.92 Å². The first-order chi connectivity index (χ1) is 12.1. The number of amides is 2. The van der Waals surface area contributed by atoms with Crippen molar-refractivity contribution >= 4 is 17.5 Å². The first-order valence-electron chi connectivity index (χ1n) is 8.54. The molecule has 0 aliphatic carbocycles. The number of piperidine rings is 1. The average Bonchev–Trinajstić information content (AvgIpc) is 3.16. The molecule has 1 N–H and O–H groups in total. The van der Waals surface area contributed by atoms with E-state index < -0.39 is 11.8 Å². The van der Waals surface area contributed by atoms with Gasteiger partial charge in [0.1, 0.15) is 11.6 Å². The van der Waals surface area contributed by atoms with Gasteiger partial charge in [0.25, 0.3) is 0 Å². The number of anilines is 1. The third-order valence-electron chi connectivity index (χ3n) is 4.47. The van der Waals surface area contributed by atoms with Crippen LogP contribution in [-0.4, -0.2) is 33.2 Å². The molecule has 7 nitrogen and oxygen atoms in total. The summed E-state index contributed by atoms with van der Waals surface area (Å²) in [6, 6.07) is 3.43. The van der Waals surface area contributed by atoms with Gasteiger partial charge in [0, 0.05) is 13.0 Å². The molecule has 0 radical (unpaired) electrons. The maximum atomic E-state index is 12.7. The Kier molecular flexibility index (Phi) is 5.11. The molecule has 1 fully saturated rings. The van der Waals surface area contributed by atoms with Crippen LogP contribution in [0.2, 0.25) is 0 Å². The van der Waals surface area contributed by atoms with Crippen molar-refractivity contribution in [1.29, 1.82) is 0 Å². The van der Waals surface area contributed by atoms with Gasteiger partial charge in [0.15, 0.2) is 0 Å². The van der Waals surface area contributed by atoms with E-state index in [1.54, 1.807) is 17.2 Å². The van der Waals surface area contributed by atoms with Crippen molar-refractivity contribution in [2.75, 3.05) is 11.9 Å². The molecular formula is C18H22N4O3. The van der Waals surface area contributed by atoms with Gasteiger partial charge in [-0.15, -0.1) is 0 Å². The second-order valence-electron chi connectivity index (χ2n) is 6.35. The lowest BCUT2D eigenvalue weighted by Gasteiger charge is -2.36. The summed E-state index contributed by atoms with van der Waals surface area (Å²) in [5.41, 5.74) is 0.412. The number of aryl methyl sites for hydroxylation is 1. The maximum absolute atomic E-state index is 12.7. The Balaban J connectivity index is 1.72. The van der Waals surface area contributed by atoms with E-state index in [0.29, 0.717) is 36.2 Å². The fourth-order valence-electron chi connectivity index (χ4n) is 3.05. The molecular weight excluding hydrogens is 320 g/mol. The zero-order valence-corrected chi connectivity index (χ0v) is 14.4. The van der Waals surface area contributed by atoms with Gasteiger partial charge in [0.2, 0.25) is 0 Å². The minimum absolute atomic E-state index is 0.212. The summed E-state index contributed by atoms with van der Waals surface area (Å²) in [5.74, 6) is 0.625. The van der Waals surface area contributed by atoms with Gasteiger partial charge >= 0.3 is 11.8 Å². The summed E-state index contributed by atoms with van der Waals surface area (Å²) in [6.45, 7) is 4.62. The van der Waals surface area contributed by atoms with Crippen molar-refractivity contribution in [2.45, 2.75) is 39.2 Å². The van der Waals surface area contributed by atoms with E-state index in [-0.39, 0.29) is 6.04 Å². The molecule has 2 aromatic heterocycles. The molecule has 1 aliphatic rings. The van der Waals surface area contributed by atoms with E-state index in [2.05, 4.69) is 22.2 Å². The topological polar surface area (TPSA) is 88.3 Å². The maximum Gasteiger partial charge on any atom is 0.314 e. The molecule has 2 aromatic rings. The van der Waals surface area contributed by atoms with Crippen molar-refractivity contribution in [2.24, 2.45) is 5.92 Å². The third-order valence-corrected chi connectivity index (χ3v) is 4.47. The smallest absolute Gasteiger partial charge is 0.314 e. The van der Waals surface area contributed by atoms with Crippen LogP contribution < -0.4 is 5.32 Å². The summed E-state index contributed by atoms with van der Waals surface area (Å²) in [4.78, 5) is 34.9. The number of likely N-dealkylation sites (tertiary alicyclic amines) is 1. The number of carbonyl (C=O) groups is 2. The SMILES string of the molecule is CCc1ncc(NC(=O)C(=O)N2CCC(C)CC2c2ccco2)cn1. The van der Waals surface area contributed by atoms with E-state index >= 15 is 0 Å². The van der Waals surface area contributed by atoms with Gasteiger partial charge in [-0.3, -0.25) is 9.59 Å². The highest BCUT2D eigenvalue weighted by Crippen LogP contribution is 2.34. The minimum atomic E-state index is -0.682. The Morgan fingerprint density at radius 1 is 1.36 bits per heavy atom. The number of hydrogen-bond acceptors (Lipinski definition) is 5. The van der Waals surface area contributed by atoms with Gasteiger partial charge < -0.3 is 14.6 Å². The van der Waals surface area contributed by atoms with Crippen LogP contribution in [0.15, 0.2) is 35.2 Å². The largest absolute Gasteiger partial charge is 0.467 e. The summed E-state index contributed by atoms with van der Waals surface area (Å²) < 4.78 is 5.48. The number of aromatic nitrogens is 2. The average molecular weight is 342 g/mol. The van der Waals surface area contributed by atoms with Gasteiger partial charge in [-0.2, -0.15) is 0 Å². The normalized spacial score (nSPS) is 20.3. The van der Waals surface area contributed by atoms with Crippen molar-refractivity contribution in [3.63, 3.8) is 0 Å². The number of hydrogen-bond donors (Lipinski definition) is 1. The van der Waals surface area contributed by atoms with Crippen LogP contribution in [0.25, 0.3) is 0 Å². The number of nitrogens with one attached hydrogen (secondary N) is 1. The summed E-state index contributed by atoms with van der Waals surface area (Å²) in [7, 11) is 0. The molecule has 0 spiro atoms. The minimum Gasteiger partial charge on any atom is -0.467 e. The molecule has 25 heavy (non-hydrogen) atoms. The molecule has 1 aliphatic heterocycles. The molecule has 2 amide bonds. The van der Waals surface area contributed by atoms with Crippen LogP contribution in [0.1, 0.15) is 44.3 Å². The van der Waals surface area contributed by atoms with Crippen LogP contribution in [-0.2, 0) is 16.0 Å². The first-order valence-corrected chi connectivity index (χ1v) is 8.54. The second kappa shape index (κ2) is 7.46. The molecule has 0 aromatic carbocycles. The zero-order chi connectivity index (χ0) is 17.8. The van der Waals surface area contributed by atoms with Crippen LogP contribution in [0.4, 0.5) is 5.69 Å². The Morgan fingerprint density at radius 3 is 2.76 bits per heavy atom. The predicted molar refractivity (Wildman–Crippen MR) is 91.6 cm³/mol. The van der Waals surface area contributed by atoms with Crippen molar-refractivity contribution < 1.29 is 14.0 Å². The molecule has 132 valence electrons. The number of nitrogens with zero attached hydrogens (tertiary/aromatic N) is 3. The summed E-state index contributed by atoms with van der Waals surface area (Å²) in [6.07, 6.45) is 6.97. The van der Waals surface area contributed by atoms with Gasteiger partial charge in [-0.25, -0.2) is 9.97 Å². The van der Waals surface area contributed by atoms with Crippen molar-refractivity contribution in [1.82, 2.24) is 14.9 Å². The third kappa shape index (κ3) is 3.87. The standard InChI is InChI=1S/C18H22N4O3/c1-3-16-19-10-13(11-20-16)21-17(23)18(24)22-7-6-12(2)9-14(22)15-5-4-8-25-15/h4-5,8,10-12,14H,3,6-7,9H2,1-2H3,(H,21,23). The fraction of sp³-hybridized carbons (Fsp3) is 0.444. The Hall–Kier alpha value is -2.70. The van der Waals surface area contributed by atoms with E-state index in [1.807, 2.05) is 13.0 Å². The zero-order valence-electron chi connectivity index (χ0n) is 14.4. The second-order valence-corrected chi connectivity index (χ2v) is 6.35. The number of rotatable bonds is 3. The highest BCUT2D eigenvalue weighted by atomic mass is 16.3. The Bertz CT molecular complexity index is 727. The Labute approximate surface area is 146 Å². The highest BCUT2D eigenvalue weighted by molar-refractivity contribution is 6.39. The lowest BCUT2D eigenvalue weighted by Crippen LogP contribution is -2.45. The lowest BCUT2D eigenvalue weighted by atomic mass is 9.91. The summed E-state index contributed by atoms with van der Waals surface area (Å²) >= 11 is 0. The summed E-state index contributed by atoms with van der Waals surface area (Å²) in [5, 5.41) is 2.58. The molecule has 2 unspecified atom stereocenters. The predicted octanol–water partition coefficient (Wildman–Crippen LogP) is 2.57. The molecule has 0 saturated carbocycles. The van der Waals surface area contributed by atoms with Crippen molar-refractivity contribution in [3.8, 4) is 0 Å². The van der Waals surface area contributed by atoms with E-state index in [0.717, 1.165) is 12.8 Å². The quantitative estimate of drug-likeness (QED) is 0.866. The van der Waals surface area contributed by atoms with Gasteiger partial charge in [0.05, 0.1) is 30.4 Å². The van der Waals surface area contributed by atoms with E-state index in [1.165, 1.54) is 12.4 Å². The van der Waals surface area contributed by atoms with Crippen LogP contribution >= 0.6 is 0 Å². The number of carbonyl (C=O) groups excluding carboxylic acids is 2. The molecule has 2 atom stereocenters. The fourth-order valence-corrected chi connectivity index (χ4v) is 3.05. The molecule has 1 saturated heterocycles. The van der Waals surface area contributed by atoms with Crippen LogP contribution in [0.5, 0.6) is 0 Å². The highest BCUT2D eigenvalue weighted by Gasteiger charge is 2.35. The monoisotopic (exact) mass is 342 g/mol. The first kappa shape index (κ1) is 17.1. The lowest BCUT2D eigenvalue weighted by molar-refractivity contribution is -0.146. The van der Waals surface area contributed by atoms with Gasteiger partial charge in [-0.05, 0) is 30.9 Å². The van der Waals surface area contributed by atoms with E-state index in [9.17, 15) is 9.59 Å². The molecule has 3 rings (SSSR count). The van der Waals surface area contributed by atoms with E-state index in [4.69, 9.17) is 4.42 Å².